The Balaban J connectivity index is 2.02. The molecule has 1 aromatic heterocycles. The van der Waals surface area contributed by atoms with Crippen LogP contribution in [0, 0.1) is 0 Å². The lowest BCUT2D eigenvalue weighted by atomic mass is 10.1. The lowest BCUT2D eigenvalue weighted by Crippen LogP contribution is -2.16. The molecule has 134 valence electrons. The van der Waals surface area contributed by atoms with Gasteiger partial charge in [-0.05, 0) is 61.9 Å². The van der Waals surface area contributed by atoms with Gasteiger partial charge in [-0.1, -0.05) is 18.7 Å². The molecule has 8 heteroatoms. The van der Waals surface area contributed by atoms with Gasteiger partial charge in [0.25, 0.3) is 0 Å². The molecule has 7 nitrogen and oxygen atoms in total. The Morgan fingerprint density at radius 2 is 1.88 bits per heavy atom. The van der Waals surface area contributed by atoms with Crippen LogP contribution in [0.1, 0.15) is 56.9 Å². The van der Waals surface area contributed by atoms with Gasteiger partial charge in [0, 0.05) is 17.7 Å². The van der Waals surface area contributed by atoms with Crippen LogP contribution in [0.5, 0.6) is 0 Å². The minimum atomic E-state index is -0.316. The van der Waals surface area contributed by atoms with Crippen molar-refractivity contribution in [3.63, 3.8) is 0 Å². The predicted octanol–water partition coefficient (Wildman–Crippen LogP) is 3.36. The first kappa shape index (κ1) is 19.1. The number of rotatable bonds is 8. The van der Waals surface area contributed by atoms with Crippen molar-refractivity contribution in [2.24, 2.45) is 0 Å². The number of Topliss-reactive ketones (excluding diaryl/α,β-unsaturated/α-hetero) is 1. The van der Waals surface area contributed by atoms with E-state index in [2.05, 4.69) is 20.8 Å². The van der Waals surface area contributed by atoms with Gasteiger partial charge in [-0.15, -0.1) is 5.10 Å². The molecule has 0 aliphatic heterocycles. The first-order valence-electron chi connectivity index (χ1n) is 8.31. The maximum Gasteiger partial charge on any atom is 0.224 e. The van der Waals surface area contributed by atoms with Crippen molar-refractivity contribution in [1.29, 1.82) is 0 Å². The molecule has 0 bridgehead atoms. The van der Waals surface area contributed by atoms with Crippen molar-refractivity contribution in [3.05, 3.63) is 29.8 Å². The SMILES string of the molecule is CCCC(=O)Nc1ccc(C(=O)C(C)Sc2nnnn2C(C)C)cc1. The number of ketones is 1. The van der Waals surface area contributed by atoms with E-state index in [0.717, 1.165) is 6.42 Å². The molecule has 1 aromatic carbocycles. The van der Waals surface area contributed by atoms with Crippen LogP contribution in [0.3, 0.4) is 0 Å². The summed E-state index contributed by atoms with van der Waals surface area (Å²) in [6.45, 7) is 7.76. The number of anilines is 1. The van der Waals surface area contributed by atoms with Crippen LogP contribution >= 0.6 is 11.8 Å². The summed E-state index contributed by atoms with van der Waals surface area (Å²) >= 11 is 1.34. The van der Waals surface area contributed by atoms with E-state index in [1.165, 1.54) is 11.8 Å². The third-order valence-corrected chi connectivity index (χ3v) is 4.58. The van der Waals surface area contributed by atoms with Gasteiger partial charge >= 0.3 is 0 Å². The number of hydrogen-bond donors (Lipinski definition) is 1. The van der Waals surface area contributed by atoms with Crippen molar-refractivity contribution < 1.29 is 9.59 Å². The van der Waals surface area contributed by atoms with Crippen molar-refractivity contribution in [2.75, 3.05) is 5.32 Å². The highest BCUT2D eigenvalue weighted by Crippen LogP contribution is 2.25. The molecule has 0 radical (unpaired) electrons. The fourth-order valence-electron chi connectivity index (χ4n) is 2.20. The zero-order valence-electron chi connectivity index (χ0n) is 14.9. The average Bonchev–Trinajstić information content (AvgIpc) is 3.03. The highest BCUT2D eigenvalue weighted by atomic mass is 32.2. The first-order chi connectivity index (χ1) is 11.9. The summed E-state index contributed by atoms with van der Waals surface area (Å²) in [6.07, 6.45) is 1.28. The second kappa shape index (κ2) is 8.75. The molecule has 1 atom stereocenters. The fraction of sp³-hybridized carbons (Fsp3) is 0.471. The molecule has 25 heavy (non-hydrogen) atoms. The first-order valence-corrected chi connectivity index (χ1v) is 9.19. The van der Waals surface area contributed by atoms with Gasteiger partial charge in [0.2, 0.25) is 11.1 Å². The number of nitrogens with one attached hydrogen (secondary N) is 1. The molecule has 0 saturated carbocycles. The molecule has 0 spiro atoms. The second-order valence-corrected chi connectivity index (χ2v) is 7.31. The average molecular weight is 361 g/mol. The maximum atomic E-state index is 12.6. The highest BCUT2D eigenvalue weighted by Gasteiger charge is 2.20. The van der Waals surface area contributed by atoms with E-state index in [-0.39, 0.29) is 23.0 Å². The summed E-state index contributed by atoms with van der Waals surface area (Å²) in [5.74, 6) is -0.0271. The number of nitrogens with zero attached hydrogens (tertiary/aromatic N) is 4. The van der Waals surface area contributed by atoms with Crippen LogP contribution in [0.2, 0.25) is 0 Å². The Kier molecular flexibility index (Phi) is 6.69. The van der Waals surface area contributed by atoms with Crippen LogP contribution in [0.25, 0.3) is 0 Å². The Bertz CT molecular complexity index is 727. The van der Waals surface area contributed by atoms with Gasteiger partial charge in [0.15, 0.2) is 5.78 Å². The maximum absolute atomic E-state index is 12.6. The van der Waals surface area contributed by atoms with Gasteiger partial charge in [-0.25, -0.2) is 4.68 Å². The molecular weight excluding hydrogens is 338 g/mol. The monoisotopic (exact) mass is 361 g/mol. The molecule has 1 unspecified atom stereocenters. The van der Waals surface area contributed by atoms with Gasteiger partial charge < -0.3 is 5.32 Å². The predicted molar refractivity (Wildman–Crippen MR) is 97.8 cm³/mol. The second-order valence-electron chi connectivity index (χ2n) is 6.00. The summed E-state index contributed by atoms with van der Waals surface area (Å²) in [4.78, 5) is 24.2. The molecule has 1 amide bonds. The van der Waals surface area contributed by atoms with E-state index < -0.39 is 0 Å². The van der Waals surface area contributed by atoms with E-state index in [9.17, 15) is 9.59 Å². The fourth-order valence-corrected chi connectivity index (χ4v) is 3.20. The molecule has 0 aliphatic carbocycles. The van der Waals surface area contributed by atoms with Crippen LogP contribution in [-0.2, 0) is 4.79 Å². The summed E-state index contributed by atoms with van der Waals surface area (Å²) in [5.41, 5.74) is 1.29. The number of thioether (sulfide) groups is 1. The number of aromatic nitrogens is 4. The minimum absolute atomic E-state index is 0.00487. The Hall–Kier alpha value is -2.22. The molecule has 1 N–H and O–H groups in total. The molecule has 1 heterocycles. The van der Waals surface area contributed by atoms with Crippen molar-refractivity contribution in [1.82, 2.24) is 20.2 Å². The smallest absolute Gasteiger partial charge is 0.224 e. The topological polar surface area (TPSA) is 89.8 Å². The lowest BCUT2D eigenvalue weighted by molar-refractivity contribution is -0.116. The number of carbonyl (C=O) groups excluding carboxylic acids is 2. The third kappa shape index (κ3) is 5.12. The highest BCUT2D eigenvalue weighted by molar-refractivity contribution is 8.00. The zero-order valence-corrected chi connectivity index (χ0v) is 15.7. The molecule has 0 saturated heterocycles. The molecule has 0 fully saturated rings. The summed E-state index contributed by atoms with van der Waals surface area (Å²) < 4.78 is 1.70. The van der Waals surface area contributed by atoms with Crippen LogP contribution in [0.15, 0.2) is 29.4 Å². The van der Waals surface area contributed by atoms with Gasteiger partial charge in [0.05, 0.1) is 11.3 Å². The van der Waals surface area contributed by atoms with E-state index in [1.807, 2.05) is 27.7 Å². The van der Waals surface area contributed by atoms with Crippen LogP contribution in [0.4, 0.5) is 5.69 Å². The van der Waals surface area contributed by atoms with Crippen molar-refractivity contribution >= 4 is 29.1 Å². The third-order valence-electron chi connectivity index (χ3n) is 3.53. The number of carbonyl (C=O) groups is 2. The largest absolute Gasteiger partial charge is 0.326 e. The molecular formula is C17H23N5O2S. The van der Waals surface area contributed by atoms with E-state index in [0.29, 0.717) is 22.8 Å². The van der Waals surface area contributed by atoms with E-state index in [1.54, 1.807) is 28.9 Å². The number of benzene rings is 1. The van der Waals surface area contributed by atoms with Crippen molar-refractivity contribution in [2.45, 2.75) is 57.0 Å². The minimum Gasteiger partial charge on any atom is -0.326 e. The molecule has 2 rings (SSSR count). The summed E-state index contributed by atoms with van der Waals surface area (Å²) in [5, 5.41) is 14.7. The number of tetrazole rings is 1. The Morgan fingerprint density at radius 1 is 1.20 bits per heavy atom. The molecule has 0 aliphatic rings. The Morgan fingerprint density at radius 3 is 2.48 bits per heavy atom. The number of amides is 1. The van der Waals surface area contributed by atoms with E-state index in [4.69, 9.17) is 0 Å². The van der Waals surface area contributed by atoms with Gasteiger partial charge in [-0.3, -0.25) is 9.59 Å². The lowest BCUT2D eigenvalue weighted by Gasteiger charge is -2.12. The zero-order chi connectivity index (χ0) is 18.4. The Labute approximate surface area is 151 Å². The molecule has 2 aromatic rings. The summed E-state index contributed by atoms with van der Waals surface area (Å²) in [7, 11) is 0. The van der Waals surface area contributed by atoms with Gasteiger partial charge in [-0.2, -0.15) is 0 Å². The van der Waals surface area contributed by atoms with Crippen molar-refractivity contribution in [3.8, 4) is 0 Å². The number of hydrogen-bond acceptors (Lipinski definition) is 6. The summed E-state index contributed by atoms with van der Waals surface area (Å²) in [6, 6.07) is 7.08. The van der Waals surface area contributed by atoms with Gasteiger partial charge in [0.1, 0.15) is 0 Å². The van der Waals surface area contributed by atoms with E-state index >= 15 is 0 Å². The normalized spacial score (nSPS) is 12.2. The van der Waals surface area contributed by atoms with Crippen LogP contribution < -0.4 is 5.32 Å². The van der Waals surface area contributed by atoms with Crippen LogP contribution in [-0.4, -0.2) is 37.1 Å². The quantitative estimate of drug-likeness (QED) is 0.573. The standard InChI is InChI=1S/C17H23N5O2S/c1-5-6-15(23)18-14-9-7-13(8-10-14)16(24)12(4)25-17-19-20-21-22(17)11(2)3/h7-12H,5-6H2,1-4H3,(H,18,23).